The lowest BCUT2D eigenvalue weighted by Gasteiger charge is -2.38. The molecule has 2 N–H and O–H groups in total. The zero-order valence-electron chi connectivity index (χ0n) is 17.3. The van der Waals surface area contributed by atoms with E-state index in [9.17, 15) is 0 Å². The van der Waals surface area contributed by atoms with Gasteiger partial charge in [0.2, 0.25) is 0 Å². The van der Waals surface area contributed by atoms with Crippen molar-refractivity contribution >= 4 is 17.3 Å². The molecule has 1 fully saturated rings. The van der Waals surface area contributed by atoms with Crippen molar-refractivity contribution in [1.82, 2.24) is 20.5 Å². The third kappa shape index (κ3) is 6.04. The van der Waals surface area contributed by atoms with Gasteiger partial charge in [-0.15, -0.1) is 11.3 Å². The number of hydrogen-bond donors (Lipinski definition) is 2. The SMILES string of the molecule is CCc1cnc(CCNC(=NC)NC2CCN(Cc3ccccc3)C(C)C2)s1. The summed E-state index contributed by atoms with van der Waals surface area (Å²) in [7, 11) is 1.85. The molecule has 0 radical (unpaired) electrons. The maximum Gasteiger partial charge on any atom is 0.191 e. The van der Waals surface area contributed by atoms with Crippen LogP contribution < -0.4 is 10.6 Å². The predicted molar refractivity (Wildman–Crippen MR) is 119 cm³/mol. The lowest BCUT2D eigenvalue weighted by atomic mass is 9.97. The smallest absolute Gasteiger partial charge is 0.191 e. The number of aliphatic imine (C=N–C) groups is 1. The first-order chi connectivity index (χ1) is 13.7. The monoisotopic (exact) mass is 399 g/mol. The average Bonchev–Trinajstić information content (AvgIpc) is 3.18. The van der Waals surface area contributed by atoms with Crippen LogP contribution in [0.5, 0.6) is 0 Å². The molecule has 5 nitrogen and oxygen atoms in total. The minimum Gasteiger partial charge on any atom is -0.356 e. The number of aromatic nitrogens is 1. The van der Waals surface area contributed by atoms with Crippen molar-refractivity contribution in [2.75, 3.05) is 20.1 Å². The van der Waals surface area contributed by atoms with Crippen LogP contribution in [-0.4, -0.2) is 48.1 Å². The number of nitrogens with zero attached hydrogens (tertiary/aromatic N) is 3. The zero-order chi connectivity index (χ0) is 19.8. The molecule has 0 amide bonds. The van der Waals surface area contributed by atoms with Gasteiger partial charge in [-0.3, -0.25) is 9.89 Å². The lowest BCUT2D eigenvalue weighted by molar-refractivity contribution is 0.134. The third-order valence-electron chi connectivity index (χ3n) is 5.39. The van der Waals surface area contributed by atoms with E-state index in [0.29, 0.717) is 12.1 Å². The Morgan fingerprint density at radius 3 is 2.82 bits per heavy atom. The molecule has 0 bridgehead atoms. The van der Waals surface area contributed by atoms with E-state index < -0.39 is 0 Å². The van der Waals surface area contributed by atoms with Crippen LogP contribution in [0.2, 0.25) is 0 Å². The number of rotatable bonds is 7. The molecule has 152 valence electrons. The van der Waals surface area contributed by atoms with Gasteiger partial charge in [0.1, 0.15) is 0 Å². The van der Waals surface area contributed by atoms with Gasteiger partial charge in [-0.1, -0.05) is 37.3 Å². The lowest BCUT2D eigenvalue weighted by Crippen LogP contribution is -2.51. The van der Waals surface area contributed by atoms with Crippen LogP contribution in [0.1, 0.15) is 42.1 Å². The van der Waals surface area contributed by atoms with E-state index in [1.807, 2.05) is 24.6 Å². The van der Waals surface area contributed by atoms with Gasteiger partial charge in [0.05, 0.1) is 5.01 Å². The topological polar surface area (TPSA) is 52.6 Å². The van der Waals surface area contributed by atoms with E-state index in [0.717, 1.165) is 51.3 Å². The summed E-state index contributed by atoms with van der Waals surface area (Å²) >= 11 is 1.81. The second-order valence-corrected chi connectivity index (χ2v) is 8.69. The van der Waals surface area contributed by atoms with Gasteiger partial charge >= 0.3 is 0 Å². The summed E-state index contributed by atoms with van der Waals surface area (Å²) in [5, 5.41) is 8.27. The Morgan fingerprint density at radius 1 is 1.32 bits per heavy atom. The molecule has 1 saturated heterocycles. The molecule has 1 aliphatic rings. The Hall–Kier alpha value is -1.92. The van der Waals surface area contributed by atoms with E-state index in [-0.39, 0.29) is 0 Å². The Morgan fingerprint density at radius 2 is 2.14 bits per heavy atom. The molecule has 0 spiro atoms. The standard InChI is InChI=1S/C22H33N5S/c1-4-20-15-25-21(28-20)10-12-24-22(23-3)26-19-11-13-27(17(2)14-19)16-18-8-6-5-7-9-18/h5-9,15,17,19H,4,10-14,16H2,1-3H3,(H2,23,24,26). The van der Waals surface area contributed by atoms with Crippen LogP contribution >= 0.6 is 11.3 Å². The van der Waals surface area contributed by atoms with E-state index in [1.165, 1.54) is 15.4 Å². The summed E-state index contributed by atoms with van der Waals surface area (Å²) in [5.74, 6) is 0.904. The van der Waals surface area contributed by atoms with Gasteiger partial charge in [-0.05, 0) is 31.7 Å². The summed E-state index contributed by atoms with van der Waals surface area (Å²) in [6.45, 7) is 7.52. The first-order valence-corrected chi connectivity index (χ1v) is 11.2. The van der Waals surface area contributed by atoms with Crippen LogP contribution in [-0.2, 0) is 19.4 Å². The highest BCUT2D eigenvalue weighted by Crippen LogP contribution is 2.20. The Labute approximate surface area is 173 Å². The highest BCUT2D eigenvalue weighted by atomic mass is 32.1. The molecule has 1 aliphatic heterocycles. The molecular formula is C22H33N5S. The number of likely N-dealkylation sites (tertiary alicyclic amines) is 1. The minimum atomic E-state index is 0.472. The molecule has 0 saturated carbocycles. The van der Waals surface area contributed by atoms with Gasteiger partial charge in [0.25, 0.3) is 0 Å². The fourth-order valence-electron chi connectivity index (χ4n) is 3.71. The Kier molecular flexibility index (Phi) is 7.86. The molecule has 1 aromatic heterocycles. The van der Waals surface area contributed by atoms with Crippen LogP contribution in [0.15, 0.2) is 41.5 Å². The predicted octanol–water partition coefficient (Wildman–Crippen LogP) is 3.47. The van der Waals surface area contributed by atoms with Crippen LogP contribution in [0.3, 0.4) is 0 Å². The zero-order valence-corrected chi connectivity index (χ0v) is 18.1. The molecule has 2 atom stereocenters. The first-order valence-electron chi connectivity index (χ1n) is 10.4. The number of nitrogens with one attached hydrogen (secondary N) is 2. The highest BCUT2D eigenvalue weighted by Gasteiger charge is 2.25. The molecular weight excluding hydrogens is 366 g/mol. The second kappa shape index (κ2) is 10.6. The number of thiazole rings is 1. The molecule has 2 heterocycles. The Balaban J connectivity index is 1.41. The van der Waals surface area contributed by atoms with Crippen molar-refractivity contribution in [2.45, 2.75) is 58.2 Å². The molecule has 6 heteroatoms. The van der Waals surface area contributed by atoms with Gasteiger partial charge < -0.3 is 10.6 Å². The summed E-state index contributed by atoms with van der Waals surface area (Å²) in [5.41, 5.74) is 1.40. The van der Waals surface area contributed by atoms with Crippen LogP contribution in [0.25, 0.3) is 0 Å². The van der Waals surface area contributed by atoms with E-state index in [2.05, 4.69) is 69.7 Å². The van der Waals surface area contributed by atoms with Gasteiger partial charge in [-0.25, -0.2) is 4.98 Å². The maximum absolute atomic E-state index is 4.49. The van der Waals surface area contributed by atoms with Gasteiger partial charge in [0.15, 0.2) is 5.96 Å². The van der Waals surface area contributed by atoms with Crippen molar-refractivity contribution in [1.29, 1.82) is 0 Å². The number of aryl methyl sites for hydroxylation is 1. The summed E-state index contributed by atoms with van der Waals surface area (Å²) in [4.78, 5) is 12.8. The van der Waals surface area contributed by atoms with Crippen LogP contribution in [0.4, 0.5) is 0 Å². The fourth-order valence-corrected chi connectivity index (χ4v) is 4.57. The minimum absolute atomic E-state index is 0.472. The molecule has 28 heavy (non-hydrogen) atoms. The van der Waals surface area contributed by atoms with Crippen molar-refractivity contribution in [2.24, 2.45) is 4.99 Å². The largest absolute Gasteiger partial charge is 0.356 e. The Bertz CT molecular complexity index is 742. The van der Waals surface area contributed by atoms with E-state index in [1.54, 1.807) is 0 Å². The third-order valence-corrected chi connectivity index (χ3v) is 6.59. The molecule has 1 aromatic carbocycles. The summed E-state index contributed by atoms with van der Waals surface area (Å²) in [6.07, 6.45) is 6.29. The fraction of sp³-hybridized carbons (Fsp3) is 0.545. The highest BCUT2D eigenvalue weighted by molar-refractivity contribution is 7.11. The molecule has 2 aromatic rings. The van der Waals surface area contributed by atoms with Crippen molar-refractivity contribution < 1.29 is 0 Å². The van der Waals surface area contributed by atoms with Crippen molar-refractivity contribution in [3.05, 3.63) is 52.0 Å². The first kappa shape index (κ1) is 20.8. The van der Waals surface area contributed by atoms with Crippen LogP contribution in [0, 0.1) is 0 Å². The second-order valence-electron chi connectivity index (χ2n) is 7.49. The maximum atomic E-state index is 4.49. The van der Waals surface area contributed by atoms with Gasteiger partial charge in [-0.2, -0.15) is 0 Å². The molecule has 2 unspecified atom stereocenters. The van der Waals surface area contributed by atoms with Gasteiger partial charge in [0, 0.05) is 56.3 Å². The molecule has 3 rings (SSSR count). The number of piperidine rings is 1. The molecule has 0 aliphatic carbocycles. The quantitative estimate of drug-likeness (QED) is 0.553. The average molecular weight is 400 g/mol. The number of guanidine groups is 1. The number of hydrogen-bond acceptors (Lipinski definition) is 4. The summed E-state index contributed by atoms with van der Waals surface area (Å²) in [6, 6.07) is 11.8. The summed E-state index contributed by atoms with van der Waals surface area (Å²) < 4.78 is 0. The van der Waals surface area contributed by atoms with E-state index >= 15 is 0 Å². The number of benzene rings is 1. The van der Waals surface area contributed by atoms with E-state index in [4.69, 9.17) is 0 Å². The van der Waals surface area contributed by atoms with Crippen molar-refractivity contribution in [3.8, 4) is 0 Å². The normalized spacial score (nSPS) is 20.9. The van der Waals surface area contributed by atoms with Crippen molar-refractivity contribution in [3.63, 3.8) is 0 Å².